The molecule has 0 aliphatic heterocycles. The Hall–Kier alpha value is -1.92. The first-order valence-electron chi connectivity index (χ1n) is 7.46. The predicted molar refractivity (Wildman–Crippen MR) is 91.7 cm³/mol. The Labute approximate surface area is 140 Å². The standard InChI is InChI=1S/C17H22N2O3S/c1-5-15(17(20)22-4)19(2)10-13-11-23-16(18-13)12-6-8-14(21-3)9-7-12/h6-9,11,15H,5,10H2,1-4H3. The minimum absolute atomic E-state index is 0.208. The average molecular weight is 334 g/mol. The highest BCUT2D eigenvalue weighted by atomic mass is 32.1. The van der Waals surface area contributed by atoms with Crippen LogP contribution in [0.5, 0.6) is 5.75 Å². The molecule has 1 heterocycles. The smallest absolute Gasteiger partial charge is 0.323 e. The van der Waals surface area contributed by atoms with Gasteiger partial charge in [-0.2, -0.15) is 0 Å². The summed E-state index contributed by atoms with van der Waals surface area (Å²) in [6, 6.07) is 7.59. The first kappa shape index (κ1) is 17.4. The highest BCUT2D eigenvalue weighted by Gasteiger charge is 2.22. The van der Waals surface area contributed by atoms with Crippen molar-refractivity contribution in [2.24, 2.45) is 0 Å². The molecule has 2 rings (SSSR count). The fourth-order valence-corrected chi connectivity index (χ4v) is 3.22. The molecule has 0 N–H and O–H groups in total. The van der Waals surface area contributed by atoms with E-state index in [0.29, 0.717) is 13.0 Å². The van der Waals surface area contributed by atoms with E-state index in [1.165, 1.54) is 7.11 Å². The number of ether oxygens (including phenoxy) is 2. The number of thiazole rings is 1. The van der Waals surface area contributed by atoms with Crippen molar-refractivity contribution in [3.63, 3.8) is 0 Å². The number of esters is 1. The van der Waals surface area contributed by atoms with Crippen LogP contribution in [0.1, 0.15) is 19.0 Å². The van der Waals surface area contributed by atoms with E-state index in [2.05, 4.69) is 4.98 Å². The van der Waals surface area contributed by atoms with Crippen molar-refractivity contribution >= 4 is 17.3 Å². The van der Waals surface area contributed by atoms with E-state index in [1.807, 2.05) is 48.5 Å². The van der Waals surface area contributed by atoms with Crippen LogP contribution in [0.4, 0.5) is 0 Å². The summed E-state index contributed by atoms with van der Waals surface area (Å²) in [5.41, 5.74) is 2.01. The molecule has 0 fully saturated rings. The van der Waals surface area contributed by atoms with Gasteiger partial charge in [-0.15, -0.1) is 11.3 Å². The van der Waals surface area contributed by atoms with E-state index >= 15 is 0 Å². The Morgan fingerprint density at radius 1 is 1.30 bits per heavy atom. The van der Waals surface area contributed by atoms with E-state index in [-0.39, 0.29) is 12.0 Å². The third-order valence-electron chi connectivity index (χ3n) is 3.69. The molecule has 6 heteroatoms. The zero-order chi connectivity index (χ0) is 16.8. The fourth-order valence-electron chi connectivity index (χ4n) is 2.41. The molecular formula is C17H22N2O3S. The highest BCUT2D eigenvalue weighted by Crippen LogP contribution is 2.26. The predicted octanol–water partition coefficient (Wildman–Crippen LogP) is 3.20. The van der Waals surface area contributed by atoms with Gasteiger partial charge in [-0.25, -0.2) is 4.98 Å². The van der Waals surface area contributed by atoms with Crippen molar-refractivity contribution in [1.82, 2.24) is 9.88 Å². The van der Waals surface area contributed by atoms with Gasteiger partial charge >= 0.3 is 5.97 Å². The van der Waals surface area contributed by atoms with Crippen molar-refractivity contribution in [3.8, 4) is 16.3 Å². The molecule has 1 aromatic heterocycles. The Kier molecular flexibility index (Phi) is 6.12. The Morgan fingerprint density at radius 2 is 2.00 bits per heavy atom. The monoisotopic (exact) mass is 334 g/mol. The molecule has 0 amide bonds. The third-order valence-corrected chi connectivity index (χ3v) is 4.63. The second-order valence-corrected chi connectivity index (χ2v) is 6.09. The number of carbonyl (C=O) groups is 1. The van der Waals surface area contributed by atoms with Crippen LogP contribution in [-0.4, -0.2) is 43.2 Å². The molecule has 1 atom stereocenters. The van der Waals surface area contributed by atoms with Gasteiger partial charge in [-0.3, -0.25) is 9.69 Å². The van der Waals surface area contributed by atoms with Crippen LogP contribution in [0.15, 0.2) is 29.6 Å². The van der Waals surface area contributed by atoms with E-state index < -0.39 is 0 Å². The number of carbonyl (C=O) groups excluding carboxylic acids is 1. The summed E-state index contributed by atoms with van der Waals surface area (Å²) in [6.45, 7) is 2.59. The molecular weight excluding hydrogens is 312 g/mol. The van der Waals surface area contributed by atoms with Crippen LogP contribution in [0.25, 0.3) is 10.6 Å². The summed E-state index contributed by atoms with van der Waals surface area (Å²) in [7, 11) is 4.98. The number of benzene rings is 1. The van der Waals surface area contributed by atoms with Crippen molar-refractivity contribution < 1.29 is 14.3 Å². The quantitative estimate of drug-likeness (QED) is 0.728. The maximum absolute atomic E-state index is 11.8. The molecule has 0 spiro atoms. The lowest BCUT2D eigenvalue weighted by Gasteiger charge is -2.23. The molecule has 0 aliphatic rings. The lowest BCUT2D eigenvalue weighted by atomic mass is 10.2. The number of nitrogens with zero attached hydrogens (tertiary/aromatic N) is 2. The molecule has 23 heavy (non-hydrogen) atoms. The molecule has 0 bridgehead atoms. The number of methoxy groups -OCH3 is 2. The summed E-state index contributed by atoms with van der Waals surface area (Å²) < 4.78 is 10.0. The molecule has 2 aromatic rings. The molecule has 0 saturated carbocycles. The van der Waals surface area contributed by atoms with E-state index in [9.17, 15) is 4.79 Å². The topological polar surface area (TPSA) is 51.7 Å². The van der Waals surface area contributed by atoms with Crippen LogP contribution in [0, 0.1) is 0 Å². The van der Waals surface area contributed by atoms with Gasteiger partial charge < -0.3 is 9.47 Å². The second kappa shape index (κ2) is 8.08. The van der Waals surface area contributed by atoms with Gasteiger partial charge in [0.25, 0.3) is 0 Å². The van der Waals surface area contributed by atoms with E-state index in [0.717, 1.165) is 22.0 Å². The Bertz CT molecular complexity index is 640. The normalized spacial score (nSPS) is 12.2. The van der Waals surface area contributed by atoms with Gasteiger partial charge in [0.05, 0.1) is 19.9 Å². The fraction of sp³-hybridized carbons (Fsp3) is 0.412. The molecule has 1 unspecified atom stereocenters. The van der Waals surface area contributed by atoms with Gasteiger partial charge in [0.2, 0.25) is 0 Å². The number of rotatable bonds is 7. The minimum atomic E-state index is -0.244. The number of hydrogen-bond acceptors (Lipinski definition) is 6. The third kappa shape index (κ3) is 4.30. The van der Waals surface area contributed by atoms with Crippen LogP contribution >= 0.6 is 11.3 Å². The first-order chi connectivity index (χ1) is 11.1. The Morgan fingerprint density at radius 3 is 2.57 bits per heavy atom. The number of hydrogen-bond donors (Lipinski definition) is 0. The molecule has 0 aliphatic carbocycles. The van der Waals surface area contributed by atoms with E-state index in [1.54, 1.807) is 18.4 Å². The second-order valence-electron chi connectivity index (χ2n) is 5.23. The van der Waals surface area contributed by atoms with Crippen LogP contribution in [0.2, 0.25) is 0 Å². The lowest BCUT2D eigenvalue weighted by Crippen LogP contribution is -2.38. The Balaban J connectivity index is 2.07. The average Bonchev–Trinajstić information content (AvgIpc) is 3.03. The zero-order valence-corrected chi connectivity index (χ0v) is 14.7. The van der Waals surface area contributed by atoms with Gasteiger partial charge in [0, 0.05) is 17.5 Å². The molecule has 5 nitrogen and oxygen atoms in total. The van der Waals surface area contributed by atoms with Crippen LogP contribution in [0.3, 0.4) is 0 Å². The van der Waals surface area contributed by atoms with Gasteiger partial charge in [0.15, 0.2) is 0 Å². The van der Waals surface area contributed by atoms with Crippen LogP contribution in [-0.2, 0) is 16.1 Å². The van der Waals surface area contributed by atoms with Crippen LogP contribution < -0.4 is 4.74 Å². The summed E-state index contributed by atoms with van der Waals surface area (Å²) in [4.78, 5) is 18.4. The summed E-state index contributed by atoms with van der Waals surface area (Å²) >= 11 is 1.60. The highest BCUT2D eigenvalue weighted by molar-refractivity contribution is 7.13. The largest absolute Gasteiger partial charge is 0.497 e. The minimum Gasteiger partial charge on any atom is -0.497 e. The molecule has 124 valence electrons. The SMILES string of the molecule is CCC(C(=O)OC)N(C)Cc1csc(-c2ccc(OC)cc2)n1. The number of aromatic nitrogens is 1. The molecule has 1 aromatic carbocycles. The van der Waals surface area contributed by atoms with Gasteiger partial charge in [0.1, 0.15) is 16.8 Å². The van der Waals surface area contributed by atoms with Crippen molar-refractivity contribution in [2.75, 3.05) is 21.3 Å². The number of likely N-dealkylation sites (N-methyl/N-ethyl adjacent to an activating group) is 1. The first-order valence-corrected chi connectivity index (χ1v) is 8.33. The van der Waals surface area contributed by atoms with E-state index in [4.69, 9.17) is 9.47 Å². The molecule has 0 radical (unpaired) electrons. The van der Waals surface area contributed by atoms with Crippen molar-refractivity contribution in [1.29, 1.82) is 0 Å². The maximum atomic E-state index is 11.8. The lowest BCUT2D eigenvalue weighted by molar-refractivity contribution is -0.146. The summed E-state index contributed by atoms with van der Waals surface area (Å²) in [5, 5.41) is 2.99. The van der Waals surface area contributed by atoms with Gasteiger partial charge in [-0.1, -0.05) is 6.92 Å². The summed E-state index contributed by atoms with van der Waals surface area (Å²) in [6.07, 6.45) is 0.707. The van der Waals surface area contributed by atoms with Gasteiger partial charge in [-0.05, 0) is 37.7 Å². The maximum Gasteiger partial charge on any atom is 0.323 e. The zero-order valence-electron chi connectivity index (χ0n) is 13.9. The van der Waals surface area contributed by atoms with Crippen molar-refractivity contribution in [3.05, 3.63) is 35.3 Å². The summed E-state index contributed by atoms with van der Waals surface area (Å²) in [5.74, 6) is 0.620. The molecule has 0 saturated heterocycles. The van der Waals surface area contributed by atoms with Crippen molar-refractivity contribution in [2.45, 2.75) is 25.9 Å².